The lowest BCUT2D eigenvalue weighted by Gasteiger charge is -2.25. The molecule has 0 saturated carbocycles. The van der Waals surface area contributed by atoms with Crippen molar-refractivity contribution < 1.29 is 4.79 Å². The molecule has 1 aromatic heterocycles. The summed E-state index contributed by atoms with van der Waals surface area (Å²) in [5.74, 6) is 0.174. The van der Waals surface area contributed by atoms with Gasteiger partial charge in [0.2, 0.25) is 5.91 Å². The Labute approximate surface area is 166 Å². The first-order valence-electron chi connectivity index (χ1n) is 9.92. The Morgan fingerprint density at radius 2 is 1.68 bits per heavy atom. The first kappa shape index (κ1) is 18.4. The molecule has 1 atom stereocenters. The van der Waals surface area contributed by atoms with Crippen molar-refractivity contribution in [1.29, 1.82) is 0 Å². The number of carbonyl (C=O) groups is 1. The number of likely N-dealkylation sites (tertiary alicyclic amines) is 1. The van der Waals surface area contributed by atoms with Gasteiger partial charge in [0.05, 0.1) is 6.54 Å². The second kappa shape index (κ2) is 8.85. The van der Waals surface area contributed by atoms with Gasteiger partial charge < -0.3 is 4.90 Å². The van der Waals surface area contributed by atoms with Gasteiger partial charge in [-0.2, -0.15) is 5.10 Å². The molecule has 5 nitrogen and oxygen atoms in total. The van der Waals surface area contributed by atoms with Crippen LogP contribution in [0.25, 0.3) is 0 Å². The van der Waals surface area contributed by atoms with E-state index < -0.39 is 0 Å². The molecule has 5 heteroatoms. The molecule has 1 unspecified atom stereocenters. The molecular formula is C23H26N4O. The molecule has 1 aliphatic rings. The monoisotopic (exact) mass is 374 g/mol. The number of benzene rings is 2. The lowest BCUT2D eigenvalue weighted by atomic mass is 10.0. The van der Waals surface area contributed by atoms with Gasteiger partial charge in [0.1, 0.15) is 6.04 Å². The minimum absolute atomic E-state index is 0.174. The molecule has 0 aliphatic carbocycles. The number of amides is 1. The Morgan fingerprint density at radius 1 is 0.964 bits per heavy atom. The summed E-state index contributed by atoms with van der Waals surface area (Å²) in [5, 5.41) is 7.84. The molecule has 2 aromatic carbocycles. The van der Waals surface area contributed by atoms with Gasteiger partial charge in [-0.05, 0) is 35.6 Å². The van der Waals surface area contributed by atoms with E-state index in [4.69, 9.17) is 0 Å². The summed E-state index contributed by atoms with van der Waals surface area (Å²) in [4.78, 5) is 15.1. The average Bonchev–Trinajstić information content (AvgIpc) is 3.44. The van der Waals surface area contributed by atoms with E-state index in [0.29, 0.717) is 6.54 Å². The van der Waals surface area contributed by atoms with Gasteiger partial charge >= 0.3 is 0 Å². The summed E-state index contributed by atoms with van der Waals surface area (Å²) in [7, 11) is 0. The Hall–Kier alpha value is -2.92. The van der Waals surface area contributed by atoms with Crippen LogP contribution in [0.5, 0.6) is 0 Å². The highest BCUT2D eigenvalue weighted by Crippen LogP contribution is 2.20. The number of carbonyl (C=O) groups excluding carboxylic acids is 1. The molecule has 0 bridgehead atoms. The predicted molar refractivity (Wildman–Crippen MR) is 110 cm³/mol. The van der Waals surface area contributed by atoms with E-state index in [1.54, 1.807) is 6.20 Å². The van der Waals surface area contributed by atoms with E-state index in [1.807, 2.05) is 64.3 Å². The maximum atomic E-state index is 13.2. The van der Waals surface area contributed by atoms with Crippen molar-refractivity contribution >= 4 is 5.91 Å². The molecule has 0 spiro atoms. The molecule has 1 fully saturated rings. The third kappa shape index (κ3) is 4.31. The van der Waals surface area contributed by atoms with Crippen molar-refractivity contribution in [2.75, 3.05) is 13.1 Å². The minimum Gasteiger partial charge on any atom is -0.341 e. The van der Waals surface area contributed by atoms with E-state index in [1.165, 1.54) is 11.1 Å². The van der Waals surface area contributed by atoms with Gasteiger partial charge in [-0.25, -0.2) is 0 Å². The van der Waals surface area contributed by atoms with E-state index in [2.05, 4.69) is 22.5 Å². The molecule has 0 radical (unpaired) electrons. The van der Waals surface area contributed by atoms with Crippen LogP contribution in [0.15, 0.2) is 73.1 Å². The largest absolute Gasteiger partial charge is 0.341 e. The van der Waals surface area contributed by atoms with Crippen LogP contribution in [-0.4, -0.2) is 33.7 Å². The second-order valence-corrected chi connectivity index (χ2v) is 7.23. The Morgan fingerprint density at radius 3 is 2.39 bits per heavy atom. The van der Waals surface area contributed by atoms with E-state index in [9.17, 15) is 4.79 Å². The third-order valence-electron chi connectivity index (χ3n) is 5.30. The first-order valence-corrected chi connectivity index (χ1v) is 9.92. The van der Waals surface area contributed by atoms with Crippen molar-refractivity contribution in [3.63, 3.8) is 0 Å². The van der Waals surface area contributed by atoms with Gasteiger partial charge in [0, 0.05) is 32.0 Å². The molecule has 1 aliphatic heterocycles. The lowest BCUT2D eigenvalue weighted by Crippen LogP contribution is -2.39. The fourth-order valence-electron chi connectivity index (χ4n) is 3.78. The number of hydrogen-bond donors (Lipinski definition) is 1. The fourth-order valence-corrected chi connectivity index (χ4v) is 3.78. The van der Waals surface area contributed by atoms with Gasteiger partial charge in [-0.3, -0.25) is 14.8 Å². The fraction of sp³-hybridized carbons (Fsp3) is 0.304. The van der Waals surface area contributed by atoms with Crippen molar-refractivity contribution in [2.24, 2.45) is 0 Å². The number of aromatic nitrogens is 2. The zero-order valence-electron chi connectivity index (χ0n) is 16.0. The maximum absolute atomic E-state index is 13.2. The topological polar surface area (TPSA) is 50.2 Å². The Bertz CT molecular complexity index is 886. The average molecular weight is 374 g/mol. The highest BCUT2D eigenvalue weighted by Gasteiger charge is 2.27. The summed E-state index contributed by atoms with van der Waals surface area (Å²) >= 11 is 0. The van der Waals surface area contributed by atoms with Crippen LogP contribution in [-0.2, 0) is 17.9 Å². The summed E-state index contributed by atoms with van der Waals surface area (Å²) in [5.41, 5.74) is 3.41. The van der Waals surface area contributed by atoms with Crippen molar-refractivity contribution in [2.45, 2.75) is 32.0 Å². The second-order valence-electron chi connectivity index (χ2n) is 7.23. The highest BCUT2D eigenvalue weighted by atomic mass is 16.2. The van der Waals surface area contributed by atoms with Crippen molar-refractivity contribution in [3.8, 4) is 0 Å². The van der Waals surface area contributed by atoms with Crippen LogP contribution in [0, 0.1) is 0 Å². The van der Waals surface area contributed by atoms with Crippen LogP contribution in [0.4, 0.5) is 0 Å². The van der Waals surface area contributed by atoms with E-state index in [0.717, 1.165) is 38.0 Å². The molecule has 1 N–H and O–H groups in total. The van der Waals surface area contributed by atoms with Crippen LogP contribution in [0.3, 0.4) is 0 Å². The quantitative estimate of drug-likeness (QED) is 0.690. The minimum atomic E-state index is -0.322. The van der Waals surface area contributed by atoms with E-state index in [-0.39, 0.29) is 11.9 Å². The van der Waals surface area contributed by atoms with Crippen LogP contribution >= 0.6 is 0 Å². The molecular weight excluding hydrogens is 348 g/mol. The maximum Gasteiger partial charge on any atom is 0.244 e. The van der Waals surface area contributed by atoms with Crippen molar-refractivity contribution in [3.05, 3.63) is 89.7 Å². The van der Waals surface area contributed by atoms with E-state index >= 15 is 0 Å². The molecule has 2 heterocycles. The summed E-state index contributed by atoms with van der Waals surface area (Å²) < 4.78 is 1.92. The van der Waals surface area contributed by atoms with Gasteiger partial charge in [-0.15, -0.1) is 0 Å². The Balaban J connectivity index is 1.52. The number of hydrogen-bond acceptors (Lipinski definition) is 3. The van der Waals surface area contributed by atoms with Gasteiger partial charge in [0.15, 0.2) is 0 Å². The number of rotatable bonds is 7. The van der Waals surface area contributed by atoms with Crippen LogP contribution in [0.1, 0.15) is 35.6 Å². The molecule has 3 aromatic rings. The highest BCUT2D eigenvalue weighted by molar-refractivity contribution is 5.83. The summed E-state index contributed by atoms with van der Waals surface area (Å²) in [6.45, 7) is 3.08. The summed E-state index contributed by atoms with van der Waals surface area (Å²) in [6, 6.07) is 20.0. The third-order valence-corrected chi connectivity index (χ3v) is 5.30. The molecule has 28 heavy (non-hydrogen) atoms. The van der Waals surface area contributed by atoms with Crippen LogP contribution in [0.2, 0.25) is 0 Å². The zero-order chi connectivity index (χ0) is 19.2. The first-order chi connectivity index (χ1) is 13.8. The Kier molecular flexibility index (Phi) is 5.83. The normalized spacial score (nSPS) is 14.9. The summed E-state index contributed by atoms with van der Waals surface area (Å²) in [6.07, 6.45) is 5.95. The van der Waals surface area contributed by atoms with Crippen LogP contribution < -0.4 is 5.32 Å². The smallest absolute Gasteiger partial charge is 0.244 e. The van der Waals surface area contributed by atoms with Gasteiger partial charge in [-0.1, -0.05) is 54.6 Å². The number of nitrogens with zero attached hydrogens (tertiary/aromatic N) is 3. The SMILES string of the molecule is O=C(C(NCc1ccccc1Cn1cccn1)c1ccccc1)N1CCCC1. The molecule has 144 valence electrons. The lowest BCUT2D eigenvalue weighted by molar-refractivity contribution is -0.132. The standard InChI is InChI=1S/C23H26N4O/c28-23(26-14-6-7-15-26)22(19-9-2-1-3-10-19)24-17-20-11-4-5-12-21(20)18-27-16-8-13-25-27/h1-5,8-13,16,22,24H,6-7,14-15,17-18H2. The molecule has 4 rings (SSSR count). The zero-order valence-corrected chi connectivity index (χ0v) is 16.0. The predicted octanol–water partition coefficient (Wildman–Crippen LogP) is 3.38. The molecule has 1 saturated heterocycles. The van der Waals surface area contributed by atoms with Crippen molar-refractivity contribution in [1.82, 2.24) is 20.0 Å². The number of nitrogens with one attached hydrogen (secondary N) is 1. The van der Waals surface area contributed by atoms with Gasteiger partial charge in [0.25, 0.3) is 0 Å². The molecule has 1 amide bonds.